The minimum absolute atomic E-state index is 0.000962. The van der Waals surface area contributed by atoms with Gasteiger partial charge in [-0.3, -0.25) is 14.4 Å². The van der Waals surface area contributed by atoms with Gasteiger partial charge in [0.2, 0.25) is 11.8 Å². The first-order chi connectivity index (χ1) is 15.4. The van der Waals surface area contributed by atoms with Crippen LogP contribution in [0.4, 0.5) is 5.69 Å². The highest BCUT2D eigenvalue weighted by Crippen LogP contribution is 2.67. The standard InChI is InChI=1S/C22H26BrClN2O5S/c1-2-31-21(30)15-16-20(29)26(9-5-6-10-27)18(22(16)11-12(23)17(15)32-22)19(28)25-14-8-4-3-7-13(14)24/h3-4,7-8,12,15-18,27H,2,5-6,9-11H2,1H3,(H,25,28)/t12?,15-,16+,17-,18?,22?/m1/s1. The molecule has 1 spiro atoms. The van der Waals surface area contributed by atoms with Crippen molar-refractivity contribution in [3.05, 3.63) is 29.3 Å². The maximum Gasteiger partial charge on any atom is 0.310 e. The summed E-state index contributed by atoms with van der Waals surface area (Å²) in [5.41, 5.74) is 0.483. The van der Waals surface area contributed by atoms with E-state index in [1.54, 1.807) is 47.9 Å². The van der Waals surface area contributed by atoms with Crippen molar-refractivity contribution in [1.29, 1.82) is 0 Å². The molecule has 32 heavy (non-hydrogen) atoms. The van der Waals surface area contributed by atoms with Crippen molar-refractivity contribution in [2.75, 3.05) is 25.1 Å². The monoisotopic (exact) mass is 544 g/mol. The number of anilines is 1. The number of nitrogens with zero attached hydrogens (tertiary/aromatic N) is 1. The summed E-state index contributed by atoms with van der Waals surface area (Å²) >= 11 is 11.5. The molecule has 10 heteroatoms. The van der Waals surface area contributed by atoms with Crippen LogP contribution < -0.4 is 5.32 Å². The summed E-state index contributed by atoms with van der Waals surface area (Å²) in [4.78, 5) is 41.7. The van der Waals surface area contributed by atoms with Crippen LogP contribution >= 0.6 is 39.3 Å². The van der Waals surface area contributed by atoms with Gasteiger partial charge in [-0.05, 0) is 38.3 Å². The zero-order chi connectivity index (χ0) is 23.0. The van der Waals surface area contributed by atoms with Crippen molar-refractivity contribution in [2.24, 2.45) is 11.8 Å². The van der Waals surface area contributed by atoms with E-state index in [-0.39, 0.29) is 41.1 Å². The number of carbonyl (C=O) groups excluding carboxylic acids is 3. The van der Waals surface area contributed by atoms with Crippen LogP contribution in [0.1, 0.15) is 26.2 Å². The van der Waals surface area contributed by atoms with Crippen LogP contribution in [-0.4, -0.2) is 68.4 Å². The van der Waals surface area contributed by atoms with Gasteiger partial charge < -0.3 is 20.1 Å². The molecule has 7 nitrogen and oxygen atoms in total. The maximum atomic E-state index is 13.6. The highest BCUT2D eigenvalue weighted by Gasteiger charge is 2.75. The summed E-state index contributed by atoms with van der Waals surface area (Å²) in [7, 11) is 0. The number of alkyl halides is 1. The van der Waals surface area contributed by atoms with Gasteiger partial charge in [0.25, 0.3) is 0 Å². The minimum atomic E-state index is -0.746. The predicted molar refractivity (Wildman–Crippen MR) is 127 cm³/mol. The van der Waals surface area contributed by atoms with Crippen LogP contribution in [0.25, 0.3) is 0 Å². The molecule has 6 atom stereocenters. The number of nitrogens with one attached hydrogen (secondary N) is 1. The maximum absolute atomic E-state index is 13.6. The quantitative estimate of drug-likeness (QED) is 0.296. The Hall–Kier alpha value is -1.29. The Kier molecular flexibility index (Phi) is 7.10. The lowest BCUT2D eigenvalue weighted by molar-refractivity contribution is -0.153. The van der Waals surface area contributed by atoms with Crippen LogP contribution in [-0.2, 0) is 19.1 Å². The number of esters is 1. The van der Waals surface area contributed by atoms with Crippen molar-refractivity contribution in [1.82, 2.24) is 4.90 Å². The first kappa shape index (κ1) is 23.9. The number of carbonyl (C=O) groups is 3. The van der Waals surface area contributed by atoms with E-state index < -0.39 is 22.6 Å². The van der Waals surface area contributed by atoms with E-state index in [0.29, 0.717) is 36.5 Å². The van der Waals surface area contributed by atoms with Gasteiger partial charge in [-0.15, -0.1) is 11.8 Å². The minimum Gasteiger partial charge on any atom is -0.466 e. The van der Waals surface area contributed by atoms with E-state index in [9.17, 15) is 19.5 Å². The second-order valence-electron chi connectivity index (χ2n) is 8.35. The van der Waals surface area contributed by atoms with Crippen LogP contribution in [0.15, 0.2) is 24.3 Å². The summed E-state index contributed by atoms with van der Waals surface area (Å²) in [6, 6.07) is 6.22. The van der Waals surface area contributed by atoms with Crippen molar-refractivity contribution >= 4 is 62.8 Å². The van der Waals surface area contributed by atoms with E-state index in [2.05, 4.69) is 21.2 Å². The lowest BCUT2D eigenvalue weighted by atomic mass is 9.71. The molecule has 1 aromatic rings. The molecule has 3 aliphatic rings. The summed E-state index contributed by atoms with van der Waals surface area (Å²) in [5, 5.41) is 12.4. The second kappa shape index (κ2) is 9.52. The highest BCUT2D eigenvalue weighted by atomic mass is 79.9. The molecule has 3 heterocycles. The molecule has 0 aliphatic carbocycles. The van der Waals surface area contributed by atoms with E-state index in [1.807, 2.05) is 0 Å². The van der Waals surface area contributed by atoms with Gasteiger partial charge in [0.05, 0.1) is 33.9 Å². The van der Waals surface area contributed by atoms with E-state index in [4.69, 9.17) is 16.3 Å². The number of fused-ring (bicyclic) bond motifs is 1. The molecule has 1 aromatic carbocycles. The first-order valence-electron chi connectivity index (χ1n) is 10.8. The number of rotatable bonds is 8. The number of halogens is 2. The number of benzene rings is 1. The average Bonchev–Trinajstić information content (AvgIpc) is 3.34. The molecule has 0 aromatic heterocycles. The van der Waals surface area contributed by atoms with Crippen LogP contribution in [0.5, 0.6) is 0 Å². The number of thioether (sulfide) groups is 1. The Labute approximate surface area is 204 Å². The van der Waals surface area contributed by atoms with Gasteiger partial charge in [-0.2, -0.15) is 0 Å². The molecule has 174 valence electrons. The molecule has 3 fully saturated rings. The van der Waals surface area contributed by atoms with Gasteiger partial charge in [-0.25, -0.2) is 0 Å². The number of hydrogen-bond acceptors (Lipinski definition) is 6. The number of aliphatic hydroxyl groups excluding tert-OH is 1. The fourth-order valence-electron chi connectivity index (χ4n) is 5.34. The lowest BCUT2D eigenvalue weighted by Crippen LogP contribution is -2.52. The third kappa shape index (κ3) is 3.85. The second-order valence-corrected chi connectivity index (χ2v) is 11.5. The molecule has 3 unspecified atom stereocenters. The molecular formula is C22H26BrClN2O5S. The van der Waals surface area contributed by atoms with Gasteiger partial charge in [0.1, 0.15) is 6.04 Å². The zero-order valence-electron chi connectivity index (χ0n) is 17.6. The number of unbranched alkanes of at least 4 members (excludes halogenated alkanes) is 1. The summed E-state index contributed by atoms with van der Waals surface area (Å²) in [6.07, 6.45) is 1.70. The fourth-order valence-corrected chi connectivity index (χ4v) is 9.12. The zero-order valence-corrected chi connectivity index (χ0v) is 20.8. The molecule has 3 aliphatic heterocycles. The molecule has 0 radical (unpaired) electrons. The van der Waals surface area contributed by atoms with E-state index >= 15 is 0 Å². The van der Waals surface area contributed by atoms with Crippen molar-refractivity contribution in [2.45, 2.75) is 47.1 Å². The Morgan fingerprint density at radius 1 is 1.38 bits per heavy atom. The van der Waals surface area contributed by atoms with Gasteiger partial charge in [0.15, 0.2) is 0 Å². The first-order valence-corrected chi connectivity index (χ1v) is 13.0. The smallest absolute Gasteiger partial charge is 0.310 e. The molecule has 4 rings (SSSR count). The molecule has 3 saturated heterocycles. The number of hydrogen-bond donors (Lipinski definition) is 2. The van der Waals surface area contributed by atoms with Gasteiger partial charge in [0, 0.05) is 23.2 Å². The third-order valence-electron chi connectivity index (χ3n) is 6.54. The molecule has 0 saturated carbocycles. The van der Waals surface area contributed by atoms with E-state index in [1.165, 1.54) is 0 Å². The van der Waals surface area contributed by atoms with Crippen molar-refractivity contribution in [3.8, 4) is 0 Å². The Morgan fingerprint density at radius 3 is 2.81 bits per heavy atom. The largest absolute Gasteiger partial charge is 0.466 e. The summed E-state index contributed by atoms with van der Waals surface area (Å²) < 4.78 is 4.60. The highest BCUT2D eigenvalue weighted by molar-refractivity contribution is 9.09. The average molecular weight is 546 g/mol. The number of aliphatic hydroxyl groups is 1. The van der Waals surface area contributed by atoms with E-state index in [0.717, 1.165) is 0 Å². The third-order valence-corrected chi connectivity index (χ3v) is 10.1. The van der Waals surface area contributed by atoms with Gasteiger partial charge in [-0.1, -0.05) is 39.7 Å². The van der Waals surface area contributed by atoms with Crippen molar-refractivity contribution < 1.29 is 24.2 Å². The molecule has 2 amide bonds. The van der Waals surface area contributed by atoms with Crippen LogP contribution in [0.2, 0.25) is 5.02 Å². The Bertz CT molecular complexity index is 920. The summed E-state index contributed by atoms with van der Waals surface area (Å²) in [5.74, 6) is -2.08. The summed E-state index contributed by atoms with van der Waals surface area (Å²) in [6.45, 7) is 2.34. The topological polar surface area (TPSA) is 95.9 Å². The van der Waals surface area contributed by atoms with Crippen LogP contribution in [0, 0.1) is 11.8 Å². The normalized spacial score (nSPS) is 32.8. The number of para-hydroxylation sites is 1. The number of likely N-dealkylation sites (tertiary alicyclic amines) is 1. The predicted octanol–water partition coefficient (Wildman–Crippen LogP) is 3.08. The van der Waals surface area contributed by atoms with Gasteiger partial charge >= 0.3 is 5.97 Å². The molecule has 2 bridgehead atoms. The van der Waals surface area contributed by atoms with Crippen molar-refractivity contribution in [3.63, 3.8) is 0 Å². The lowest BCUT2D eigenvalue weighted by Gasteiger charge is -2.35. The number of amides is 2. The molecule has 2 N–H and O–H groups in total. The fraction of sp³-hybridized carbons (Fsp3) is 0.591. The van der Waals surface area contributed by atoms with Crippen LogP contribution in [0.3, 0.4) is 0 Å². The Morgan fingerprint density at radius 2 is 2.12 bits per heavy atom. The molecular weight excluding hydrogens is 520 g/mol. The SMILES string of the molecule is CCOC(=O)[C@H]1[C@@H]2SC3(CC2Br)C(C(=O)Nc2ccccc2Cl)N(CCCCO)C(=O)[C@H]13. The Balaban J connectivity index is 1.70. The number of ether oxygens (including phenoxy) is 1.